The maximum Gasteiger partial charge on any atom is 0.251 e. The Morgan fingerprint density at radius 2 is 1.69 bits per heavy atom. The van der Waals surface area contributed by atoms with E-state index in [1.54, 1.807) is 32.4 Å². The number of piperidine rings is 2. The van der Waals surface area contributed by atoms with Crippen molar-refractivity contribution in [2.24, 2.45) is 5.92 Å². The van der Waals surface area contributed by atoms with E-state index < -0.39 is 0 Å². The molecule has 5 nitrogen and oxygen atoms in total. The molecule has 0 aromatic heterocycles. The standard InChI is InChI=1S/C21H32N2O3/c1-14(2)13-23-17-6-5-7-18(23)11-16(10-17)22-21(24)15-8-19(25-3)12-20(9-15)26-4/h8-9,12,14,16-18H,5-7,10-11,13H2,1-4H3,(H,22,24)/t16?,17-,18+. The van der Waals surface area contributed by atoms with Crippen LogP contribution in [0.5, 0.6) is 11.5 Å². The molecule has 5 heteroatoms. The third kappa shape index (κ3) is 4.32. The van der Waals surface area contributed by atoms with Crippen LogP contribution in [0.15, 0.2) is 18.2 Å². The van der Waals surface area contributed by atoms with Crippen LogP contribution < -0.4 is 14.8 Å². The Hall–Kier alpha value is -1.75. The van der Waals surface area contributed by atoms with Crippen LogP contribution in [0, 0.1) is 5.92 Å². The van der Waals surface area contributed by atoms with Crippen LogP contribution in [0.2, 0.25) is 0 Å². The third-order valence-electron chi connectivity index (χ3n) is 5.65. The monoisotopic (exact) mass is 360 g/mol. The van der Waals surface area contributed by atoms with Crippen LogP contribution in [-0.2, 0) is 0 Å². The van der Waals surface area contributed by atoms with Gasteiger partial charge in [0, 0.05) is 36.3 Å². The Morgan fingerprint density at radius 1 is 1.12 bits per heavy atom. The minimum atomic E-state index is -0.0393. The molecule has 2 saturated heterocycles. The van der Waals surface area contributed by atoms with Gasteiger partial charge in [-0.05, 0) is 43.7 Å². The number of nitrogens with zero attached hydrogens (tertiary/aromatic N) is 1. The summed E-state index contributed by atoms with van der Waals surface area (Å²) in [6.07, 6.45) is 5.93. The van der Waals surface area contributed by atoms with Crippen molar-refractivity contribution in [3.63, 3.8) is 0 Å². The van der Waals surface area contributed by atoms with Crippen LogP contribution in [0.25, 0.3) is 0 Å². The molecule has 0 radical (unpaired) electrons. The summed E-state index contributed by atoms with van der Waals surface area (Å²) in [7, 11) is 3.20. The highest BCUT2D eigenvalue weighted by atomic mass is 16.5. The first-order valence-corrected chi connectivity index (χ1v) is 9.79. The van der Waals surface area contributed by atoms with Gasteiger partial charge in [0.25, 0.3) is 5.91 Å². The Kier molecular flexibility index (Phi) is 6.07. The molecule has 0 aliphatic carbocycles. The highest BCUT2D eigenvalue weighted by Gasteiger charge is 2.38. The second-order valence-electron chi connectivity index (χ2n) is 8.07. The first-order valence-electron chi connectivity index (χ1n) is 9.79. The molecule has 1 aromatic carbocycles. The molecular weight excluding hydrogens is 328 g/mol. The average molecular weight is 360 g/mol. The minimum absolute atomic E-state index is 0.0393. The smallest absolute Gasteiger partial charge is 0.251 e. The zero-order chi connectivity index (χ0) is 18.7. The zero-order valence-electron chi connectivity index (χ0n) is 16.5. The Labute approximate surface area is 157 Å². The SMILES string of the molecule is COc1cc(OC)cc(C(=O)NC2C[C@H]3CCC[C@@H](C2)N3CC(C)C)c1. The van der Waals surface area contributed by atoms with Crippen LogP contribution in [0.3, 0.4) is 0 Å². The van der Waals surface area contributed by atoms with E-state index in [4.69, 9.17) is 9.47 Å². The first-order chi connectivity index (χ1) is 12.5. The van der Waals surface area contributed by atoms with E-state index in [9.17, 15) is 4.79 Å². The quantitative estimate of drug-likeness (QED) is 0.844. The van der Waals surface area contributed by atoms with Gasteiger partial charge in [0.2, 0.25) is 0 Å². The molecule has 1 amide bonds. The number of methoxy groups -OCH3 is 2. The predicted octanol–water partition coefficient (Wildman–Crippen LogP) is 3.48. The number of hydrogen-bond donors (Lipinski definition) is 1. The van der Waals surface area contributed by atoms with Gasteiger partial charge >= 0.3 is 0 Å². The van der Waals surface area contributed by atoms with E-state index in [1.165, 1.54) is 25.8 Å². The molecule has 3 atom stereocenters. The maximum absolute atomic E-state index is 12.8. The third-order valence-corrected chi connectivity index (χ3v) is 5.65. The summed E-state index contributed by atoms with van der Waals surface area (Å²) >= 11 is 0. The molecule has 2 aliphatic heterocycles. The summed E-state index contributed by atoms with van der Waals surface area (Å²) < 4.78 is 10.6. The van der Waals surface area contributed by atoms with Gasteiger partial charge in [0.1, 0.15) is 11.5 Å². The van der Waals surface area contributed by atoms with Crippen LogP contribution >= 0.6 is 0 Å². The lowest BCUT2D eigenvalue weighted by molar-refractivity contribution is 0.0158. The van der Waals surface area contributed by atoms with Gasteiger partial charge in [0.15, 0.2) is 0 Å². The summed E-state index contributed by atoms with van der Waals surface area (Å²) in [6.45, 7) is 5.75. The molecule has 2 aliphatic rings. The number of fused-ring (bicyclic) bond motifs is 2. The fraction of sp³-hybridized carbons (Fsp3) is 0.667. The fourth-order valence-electron chi connectivity index (χ4n) is 4.52. The summed E-state index contributed by atoms with van der Waals surface area (Å²) in [5, 5.41) is 3.26. The van der Waals surface area contributed by atoms with Crippen molar-refractivity contribution in [3.05, 3.63) is 23.8 Å². The maximum atomic E-state index is 12.8. The molecule has 2 bridgehead atoms. The average Bonchev–Trinajstić information content (AvgIpc) is 2.61. The van der Waals surface area contributed by atoms with E-state index in [-0.39, 0.29) is 11.9 Å². The number of rotatable bonds is 6. The molecule has 3 rings (SSSR count). The second-order valence-corrected chi connectivity index (χ2v) is 8.07. The number of ether oxygens (including phenoxy) is 2. The highest BCUT2D eigenvalue weighted by molar-refractivity contribution is 5.95. The summed E-state index contributed by atoms with van der Waals surface area (Å²) in [6, 6.07) is 6.79. The van der Waals surface area contributed by atoms with Gasteiger partial charge in [-0.1, -0.05) is 20.3 Å². The molecule has 1 N–H and O–H groups in total. The lowest BCUT2D eigenvalue weighted by Crippen LogP contribution is -2.57. The van der Waals surface area contributed by atoms with Gasteiger partial charge in [-0.25, -0.2) is 0 Å². The molecule has 2 fully saturated rings. The van der Waals surface area contributed by atoms with Crippen LogP contribution in [0.1, 0.15) is 56.3 Å². The Balaban J connectivity index is 1.67. The van der Waals surface area contributed by atoms with Crippen molar-refractivity contribution in [3.8, 4) is 11.5 Å². The van der Waals surface area contributed by atoms with Gasteiger partial charge in [0.05, 0.1) is 14.2 Å². The van der Waals surface area contributed by atoms with Crippen molar-refractivity contribution in [2.45, 2.75) is 64.1 Å². The number of hydrogen-bond acceptors (Lipinski definition) is 4. The number of amides is 1. The number of nitrogens with one attached hydrogen (secondary N) is 1. The van der Waals surface area contributed by atoms with Gasteiger partial charge < -0.3 is 14.8 Å². The molecule has 1 aromatic rings. The Bertz CT molecular complexity index is 595. The van der Waals surface area contributed by atoms with Gasteiger partial charge in [-0.2, -0.15) is 0 Å². The van der Waals surface area contributed by atoms with E-state index in [0.29, 0.717) is 35.1 Å². The van der Waals surface area contributed by atoms with Crippen molar-refractivity contribution in [2.75, 3.05) is 20.8 Å². The zero-order valence-corrected chi connectivity index (χ0v) is 16.5. The van der Waals surface area contributed by atoms with Gasteiger partial charge in [-0.3, -0.25) is 9.69 Å². The second kappa shape index (κ2) is 8.30. The summed E-state index contributed by atoms with van der Waals surface area (Å²) in [4.78, 5) is 15.5. The molecule has 0 spiro atoms. The topological polar surface area (TPSA) is 50.8 Å². The molecule has 1 unspecified atom stereocenters. The largest absolute Gasteiger partial charge is 0.497 e. The minimum Gasteiger partial charge on any atom is -0.497 e. The summed E-state index contributed by atoms with van der Waals surface area (Å²) in [5.41, 5.74) is 0.593. The first kappa shape index (κ1) is 19.0. The van der Waals surface area contributed by atoms with Crippen molar-refractivity contribution in [1.29, 1.82) is 0 Å². The Morgan fingerprint density at radius 3 is 2.19 bits per heavy atom. The molecular formula is C21H32N2O3. The van der Waals surface area contributed by atoms with Crippen LogP contribution in [-0.4, -0.2) is 49.7 Å². The van der Waals surface area contributed by atoms with Crippen molar-refractivity contribution < 1.29 is 14.3 Å². The van der Waals surface area contributed by atoms with Crippen LogP contribution in [0.4, 0.5) is 0 Å². The predicted molar refractivity (Wildman–Crippen MR) is 103 cm³/mol. The van der Waals surface area contributed by atoms with E-state index >= 15 is 0 Å². The number of carbonyl (C=O) groups excluding carboxylic acids is 1. The molecule has 0 saturated carbocycles. The fourth-order valence-corrected chi connectivity index (χ4v) is 4.52. The normalized spacial score (nSPS) is 25.8. The van der Waals surface area contributed by atoms with E-state index in [2.05, 4.69) is 24.1 Å². The lowest BCUT2D eigenvalue weighted by Gasteiger charge is -2.49. The number of benzene rings is 1. The van der Waals surface area contributed by atoms with Crippen molar-refractivity contribution in [1.82, 2.24) is 10.2 Å². The summed E-state index contributed by atoms with van der Waals surface area (Å²) in [5.74, 6) is 1.92. The molecule has 144 valence electrons. The highest BCUT2D eigenvalue weighted by Crippen LogP contribution is 2.34. The van der Waals surface area contributed by atoms with E-state index in [0.717, 1.165) is 12.8 Å². The molecule has 26 heavy (non-hydrogen) atoms. The number of carbonyl (C=O) groups is 1. The van der Waals surface area contributed by atoms with Gasteiger partial charge in [-0.15, -0.1) is 0 Å². The van der Waals surface area contributed by atoms with Crippen molar-refractivity contribution >= 4 is 5.91 Å². The lowest BCUT2D eigenvalue weighted by atomic mass is 9.81. The molecule has 2 heterocycles. The van der Waals surface area contributed by atoms with E-state index in [1.807, 2.05) is 0 Å².